The summed E-state index contributed by atoms with van der Waals surface area (Å²) < 4.78 is 0. The van der Waals surface area contributed by atoms with Crippen LogP contribution < -0.4 is 16.2 Å². The number of carboxylic acid groups (broad SMARTS) is 2. The van der Waals surface area contributed by atoms with Gasteiger partial charge in [-0.3, -0.25) is 9.59 Å². The van der Waals surface area contributed by atoms with Gasteiger partial charge in [0, 0.05) is 29.9 Å². The maximum absolute atomic E-state index is 11.9. The molecule has 0 radical (unpaired) electrons. The maximum atomic E-state index is 11.9. The fraction of sp³-hybridized carbons (Fsp3) is 0.312. The highest BCUT2D eigenvalue weighted by Crippen LogP contribution is 2.19. The second-order valence-electron chi connectivity index (χ2n) is 5.48. The Balaban J connectivity index is 2.05. The van der Waals surface area contributed by atoms with Crippen LogP contribution in [0.1, 0.15) is 18.4 Å². The van der Waals surface area contributed by atoms with Gasteiger partial charge in [-0.25, -0.2) is 0 Å². The second kappa shape index (κ2) is 7.60. The van der Waals surface area contributed by atoms with Gasteiger partial charge in [0.1, 0.15) is 0 Å². The Bertz CT molecular complexity index is 755. The SMILES string of the molecule is N[C@H](CCC(=O)O)C(=O)N[C@H](Cc1c[nH]c2ccccc12)C(=O)[O-]. The Labute approximate surface area is 137 Å². The molecule has 8 nitrogen and oxygen atoms in total. The maximum Gasteiger partial charge on any atom is 0.303 e. The van der Waals surface area contributed by atoms with Gasteiger partial charge >= 0.3 is 5.97 Å². The summed E-state index contributed by atoms with van der Waals surface area (Å²) in [5.74, 6) is -3.22. The molecule has 5 N–H and O–H groups in total. The van der Waals surface area contributed by atoms with E-state index in [0.717, 1.165) is 16.5 Å². The number of nitrogens with two attached hydrogens (primary N) is 1. The first kappa shape index (κ1) is 17.5. The van der Waals surface area contributed by atoms with Crippen LogP contribution in [0.4, 0.5) is 0 Å². The van der Waals surface area contributed by atoms with E-state index in [1.807, 2.05) is 24.3 Å². The number of hydrogen-bond acceptors (Lipinski definition) is 5. The van der Waals surface area contributed by atoms with Crippen LogP contribution in [0.3, 0.4) is 0 Å². The van der Waals surface area contributed by atoms with Crippen LogP contribution in [0.15, 0.2) is 30.5 Å². The Morgan fingerprint density at radius 1 is 1.29 bits per heavy atom. The lowest BCUT2D eigenvalue weighted by atomic mass is 10.0. The number of nitrogens with one attached hydrogen (secondary N) is 2. The van der Waals surface area contributed by atoms with Crippen LogP contribution in [0.25, 0.3) is 10.9 Å². The summed E-state index contributed by atoms with van der Waals surface area (Å²) in [5.41, 5.74) is 7.16. The summed E-state index contributed by atoms with van der Waals surface area (Å²) in [4.78, 5) is 36.8. The zero-order valence-corrected chi connectivity index (χ0v) is 12.8. The molecule has 128 valence electrons. The lowest BCUT2D eigenvalue weighted by Crippen LogP contribution is -2.53. The number of H-pyrrole nitrogens is 1. The van der Waals surface area contributed by atoms with Crippen LogP contribution in [-0.2, 0) is 20.8 Å². The summed E-state index contributed by atoms with van der Waals surface area (Å²) in [7, 11) is 0. The molecule has 1 aromatic carbocycles. The average molecular weight is 332 g/mol. The number of hydrogen-bond donors (Lipinski definition) is 4. The van der Waals surface area contributed by atoms with Crippen molar-refractivity contribution in [3.8, 4) is 0 Å². The lowest BCUT2D eigenvalue weighted by Gasteiger charge is -2.21. The van der Waals surface area contributed by atoms with E-state index in [1.165, 1.54) is 0 Å². The van der Waals surface area contributed by atoms with Gasteiger partial charge in [-0.15, -0.1) is 0 Å². The molecule has 2 rings (SSSR count). The minimum absolute atomic E-state index is 0.0315. The quantitative estimate of drug-likeness (QED) is 0.494. The van der Waals surface area contributed by atoms with E-state index in [1.54, 1.807) is 6.20 Å². The molecular formula is C16H18N3O5-. The molecule has 1 aromatic heterocycles. The Kier molecular flexibility index (Phi) is 5.54. The summed E-state index contributed by atoms with van der Waals surface area (Å²) in [6.45, 7) is 0. The summed E-state index contributed by atoms with van der Waals surface area (Å²) in [5, 5.41) is 23.1. The van der Waals surface area contributed by atoms with Crippen molar-refractivity contribution >= 4 is 28.7 Å². The fourth-order valence-corrected chi connectivity index (χ4v) is 2.40. The van der Waals surface area contributed by atoms with E-state index < -0.39 is 29.9 Å². The molecular weight excluding hydrogens is 314 g/mol. The Morgan fingerprint density at radius 2 is 2.00 bits per heavy atom. The van der Waals surface area contributed by atoms with Gasteiger partial charge in [-0.05, 0) is 18.1 Å². The van der Waals surface area contributed by atoms with E-state index in [9.17, 15) is 19.5 Å². The monoisotopic (exact) mass is 332 g/mol. The number of rotatable bonds is 8. The van der Waals surface area contributed by atoms with Crippen LogP contribution in [-0.4, -0.2) is 40.0 Å². The Morgan fingerprint density at radius 3 is 2.67 bits per heavy atom. The topological polar surface area (TPSA) is 148 Å². The third-order valence-corrected chi connectivity index (χ3v) is 3.71. The number of aromatic nitrogens is 1. The minimum atomic E-state index is -1.43. The van der Waals surface area contributed by atoms with E-state index in [2.05, 4.69) is 10.3 Å². The van der Waals surface area contributed by atoms with Crippen molar-refractivity contribution in [3.63, 3.8) is 0 Å². The van der Waals surface area contributed by atoms with E-state index in [0.29, 0.717) is 0 Å². The molecule has 0 spiro atoms. The van der Waals surface area contributed by atoms with Gasteiger partial charge < -0.3 is 31.0 Å². The van der Waals surface area contributed by atoms with Gasteiger partial charge in [0.15, 0.2) is 0 Å². The van der Waals surface area contributed by atoms with Crippen molar-refractivity contribution in [2.24, 2.45) is 5.73 Å². The van der Waals surface area contributed by atoms with Gasteiger partial charge in [0.05, 0.1) is 18.1 Å². The Hall–Kier alpha value is -2.87. The minimum Gasteiger partial charge on any atom is -0.548 e. The number of benzene rings is 1. The highest BCUT2D eigenvalue weighted by atomic mass is 16.4. The van der Waals surface area contributed by atoms with Crippen molar-refractivity contribution < 1.29 is 24.6 Å². The smallest absolute Gasteiger partial charge is 0.303 e. The van der Waals surface area contributed by atoms with Gasteiger partial charge in [0.2, 0.25) is 5.91 Å². The molecule has 1 amide bonds. The predicted molar refractivity (Wildman–Crippen MR) is 83.8 cm³/mol. The first-order valence-corrected chi connectivity index (χ1v) is 7.42. The number of fused-ring (bicyclic) bond motifs is 1. The first-order valence-electron chi connectivity index (χ1n) is 7.42. The van der Waals surface area contributed by atoms with Gasteiger partial charge in [-0.1, -0.05) is 18.2 Å². The molecule has 2 atom stereocenters. The molecule has 0 saturated carbocycles. The average Bonchev–Trinajstić information content (AvgIpc) is 2.94. The van der Waals surface area contributed by atoms with E-state index in [4.69, 9.17) is 10.8 Å². The molecule has 0 bridgehead atoms. The second-order valence-corrected chi connectivity index (χ2v) is 5.48. The molecule has 1 heterocycles. The van der Waals surface area contributed by atoms with Crippen molar-refractivity contribution in [1.29, 1.82) is 0 Å². The van der Waals surface area contributed by atoms with Crippen molar-refractivity contribution in [3.05, 3.63) is 36.0 Å². The molecule has 2 aromatic rings. The highest BCUT2D eigenvalue weighted by molar-refractivity contribution is 5.88. The van der Waals surface area contributed by atoms with E-state index >= 15 is 0 Å². The zero-order chi connectivity index (χ0) is 17.7. The molecule has 0 aliphatic carbocycles. The zero-order valence-electron chi connectivity index (χ0n) is 12.8. The van der Waals surface area contributed by atoms with Crippen LogP contribution >= 0.6 is 0 Å². The summed E-state index contributed by atoms with van der Waals surface area (Å²) in [6.07, 6.45) is 1.36. The van der Waals surface area contributed by atoms with Gasteiger partial charge in [-0.2, -0.15) is 0 Å². The van der Waals surface area contributed by atoms with Crippen LogP contribution in [0.5, 0.6) is 0 Å². The number of aliphatic carboxylic acids is 2. The fourth-order valence-electron chi connectivity index (χ4n) is 2.40. The molecule has 8 heteroatoms. The molecule has 0 fully saturated rings. The number of aromatic amines is 1. The van der Waals surface area contributed by atoms with Crippen molar-refractivity contribution in [2.45, 2.75) is 31.3 Å². The molecule has 0 aliphatic heterocycles. The molecule has 0 aliphatic rings. The summed E-state index contributed by atoms with van der Waals surface area (Å²) >= 11 is 0. The molecule has 0 saturated heterocycles. The van der Waals surface area contributed by atoms with E-state index in [-0.39, 0.29) is 19.3 Å². The molecule has 0 unspecified atom stereocenters. The van der Waals surface area contributed by atoms with Crippen molar-refractivity contribution in [1.82, 2.24) is 10.3 Å². The van der Waals surface area contributed by atoms with Crippen LogP contribution in [0, 0.1) is 0 Å². The number of amides is 1. The van der Waals surface area contributed by atoms with Crippen LogP contribution in [0.2, 0.25) is 0 Å². The van der Waals surface area contributed by atoms with Gasteiger partial charge in [0.25, 0.3) is 0 Å². The lowest BCUT2D eigenvalue weighted by molar-refractivity contribution is -0.308. The number of carbonyl (C=O) groups is 3. The third kappa shape index (κ3) is 4.32. The standard InChI is InChI=1S/C16H19N3O5/c17-11(5-6-14(20)21)15(22)19-13(16(23)24)7-9-8-18-12-4-2-1-3-10(9)12/h1-4,8,11,13,18H,5-7,17H2,(H,19,22)(H,20,21)(H,23,24)/p-1/t11-,13-/m1/s1. The third-order valence-electron chi connectivity index (χ3n) is 3.71. The molecule has 24 heavy (non-hydrogen) atoms. The number of para-hydroxylation sites is 1. The summed E-state index contributed by atoms with van der Waals surface area (Å²) in [6, 6.07) is 5.02. The first-order chi connectivity index (χ1) is 11.4. The predicted octanol–water partition coefficient (Wildman–Crippen LogP) is -0.863. The number of carboxylic acids is 2. The normalized spacial score (nSPS) is 13.4. The van der Waals surface area contributed by atoms with Crippen molar-refractivity contribution in [2.75, 3.05) is 0 Å². The number of carbonyl (C=O) groups excluding carboxylic acids is 2. The largest absolute Gasteiger partial charge is 0.548 e. The highest BCUT2D eigenvalue weighted by Gasteiger charge is 2.21.